The summed E-state index contributed by atoms with van der Waals surface area (Å²) in [4.78, 5) is 10.6. The molecule has 3 unspecified atom stereocenters. The minimum absolute atomic E-state index is 0.298. The second-order valence-electron chi connectivity index (χ2n) is 3.03. The maximum absolute atomic E-state index is 10.6. The first-order valence-electron chi connectivity index (χ1n) is 3.83. The van der Waals surface area contributed by atoms with Gasteiger partial charge in [0.2, 0.25) is 0 Å². The average molecular weight is 190 g/mol. The highest BCUT2D eigenvalue weighted by Crippen LogP contribution is 2.32. The molecule has 2 aliphatic heterocycles. The molecule has 3 atom stereocenters. The van der Waals surface area contributed by atoms with Crippen LogP contribution in [0.2, 0.25) is 6.55 Å². The van der Waals surface area contributed by atoms with Gasteiger partial charge < -0.3 is 18.4 Å². The van der Waals surface area contributed by atoms with Crippen LogP contribution in [0, 0.1) is 0 Å². The van der Waals surface area contributed by atoms with Crippen LogP contribution in [0.3, 0.4) is 0 Å². The monoisotopic (exact) mass is 190 g/mol. The minimum Gasteiger partial charge on any atom is -0.479 e. The number of hydrogen-bond donors (Lipinski definition) is 1. The third kappa shape index (κ3) is 1.16. The first-order valence-corrected chi connectivity index (χ1v) is 6.06. The van der Waals surface area contributed by atoms with E-state index in [0.29, 0.717) is 13.0 Å². The summed E-state index contributed by atoms with van der Waals surface area (Å²) in [7, 11) is -2.54. The molecule has 0 spiro atoms. The maximum Gasteiger partial charge on any atom is 0.498 e. The van der Waals surface area contributed by atoms with Crippen LogP contribution in [0.1, 0.15) is 6.42 Å². The third-order valence-corrected chi connectivity index (χ3v) is 4.20. The van der Waals surface area contributed by atoms with Gasteiger partial charge in [0.15, 0.2) is 6.10 Å². The number of fused-ring (bicyclic) bond motifs is 2. The van der Waals surface area contributed by atoms with Crippen molar-refractivity contribution in [3.63, 3.8) is 0 Å². The molecule has 2 fully saturated rings. The summed E-state index contributed by atoms with van der Waals surface area (Å²) >= 11 is 0. The lowest BCUT2D eigenvalue weighted by molar-refractivity contribution is -0.146. The van der Waals surface area contributed by atoms with Gasteiger partial charge in [-0.1, -0.05) is 0 Å². The molecule has 0 radical (unpaired) electrons. The SMILES string of the molecule is C[Si]12OCCC(O1)C(C(=O)O)O2. The fourth-order valence-electron chi connectivity index (χ4n) is 1.52. The Kier molecular flexibility index (Phi) is 1.72. The van der Waals surface area contributed by atoms with Crippen molar-refractivity contribution in [1.29, 1.82) is 0 Å². The van der Waals surface area contributed by atoms with Crippen LogP contribution < -0.4 is 0 Å². The van der Waals surface area contributed by atoms with Gasteiger partial charge in [-0.25, -0.2) is 4.79 Å². The van der Waals surface area contributed by atoms with Gasteiger partial charge in [-0.2, -0.15) is 0 Å². The van der Waals surface area contributed by atoms with Crippen LogP contribution in [0.15, 0.2) is 0 Å². The molecule has 0 saturated carbocycles. The van der Waals surface area contributed by atoms with Crippen LogP contribution >= 0.6 is 0 Å². The van der Waals surface area contributed by atoms with Crippen molar-refractivity contribution in [2.45, 2.75) is 25.2 Å². The number of aliphatic carboxylic acids is 1. The van der Waals surface area contributed by atoms with Crippen molar-refractivity contribution in [1.82, 2.24) is 0 Å². The van der Waals surface area contributed by atoms with E-state index < -0.39 is 20.9 Å². The molecule has 1 N–H and O–H groups in total. The maximum atomic E-state index is 10.6. The molecule has 68 valence electrons. The second kappa shape index (κ2) is 2.53. The zero-order valence-corrected chi connectivity index (χ0v) is 7.65. The van der Waals surface area contributed by atoms with E-state index in [-0.39, 0.29) is 6.10 Å². The van der Waals surface area contributed by atoms with E-state index in [9.17, 15) is 4.79 Å². The van der Waals surface area contributed by atoms with E-state index in [1.54, 1.807) is 6.55 Å². The summed E-state index contributed by atoms with van der Waals surface area (Å²) < 4.78 is 15.9. The number of carbonyl (C=O) groups is 1. The summed E-state index contributed by atoms with van der Waals surface area (Å²) in [5.74, 6) is -0.957. The Hall–Kier alpha value is -0.433. The topological polar surface area (TPSA) is 65.0 Å². The van der Waals surface area contributed by atoms with Gasteiger partial charge in [-0.3, -0.25) is 0 Å². The number of carboxylic acid groups (broad SMARTS) is 1. The molecule has 2 bridgehead atoms. The van der Waals surface area contributed by atoms with Crippen molar-refractivity contribution in [2.75, 3.05) is 6.61 Å². The van der Waals surface area contributed by atoms with Gasteiger partial charge in [0, 0.05) is 13.2 Å². The van der Waals surface area contributed by atoms with Gasteiger partial charge in [0.1, 0.15) is 0 Å². The van der Waals surface area contributed by atoms with Crippen LogP contribution in [0.5, 0.6) is 0 Å². The van der Waals surface area contributed by atoms with Crippen molar-refractivity contribution in [3.8, 4) is 0 Å². The Morgan fingerprint density at radius 2 is 2.33 bits per heavy atom. The van der Waals surface area contributed by atoms with E-state index in [2.05, 4.69) is 0 Å². The van der Waals surface area contributed by atoms with Crippen molar-refractivity contribution >= 4 is 14.8 Å². The molecule has 2 saturated heterocycles. The highest BCUT2D eigenvalue weighted by Gasteiger charge is 2.55. The number of carboxylic acids is 1. The lowest BCUT2D eigenvalue weighted by Gasteiger charge is -2.23. The Morgan fingerprint density at radius 1 is 1.58 bits per heavy atom. The van der Waals surface area contributed by atoms with E-state index in [1.807, 2.05) is 0 Å². The molecular formula is C6H10O5Si. The predicted molar refractivity (Wildman–Crippen MR) is 39.6 cm³/mol. The van der Waals surface area contributed by atoms with E-state index in [0.717, 1.165) is 0 Å². The molecule has 6 heteroatoms. The lowest BCUT2D eigenvalue weighted by atomic mass is 10.1. The summed E-state index contributed by atoms with van der Waals surface area (Å²) in [6.45, 7) is 2.28. The highest BCUT2D eigenvalue weighted by atomic mass is 28.4. The van der Waals surface area contributed by atoms with Crippen molar-refractivity contribution < 1.29 is 23.2 Å². The molecule has 0 aromatic rings. The predicted octanol–water partition coefficient (Wildman–Crippen LogP) is -0.156. The highest BCUT2D eigenvalue weighted by molar-refractivity contribution is 6.60. The van der Waals surface area contributed by atoms with E-state index in [1.165, 1.54) is 0 Å². The normalized spacial score (nSPS) is 46.1. The zero-order valence-electron chi connectivity index (χ0n) is 6.65. The second-order valence-corrected chi connectivity index (χ2v) is 5.52. The van der Waals surface area contributed by atoms with Crippen molar-refractivity contribution in [3.05, 3.63) is 0 Å². The van der Waals surface area contributed by atoms with Gasteiger partial charge in [-0.05, 0) is 6.42 Å². The van der Waals surface area contributed by atoms with Crippen LogP contribution in [-0.2, 0) is 18.1 Å². The molecule has 0 aromatic heterocycles. The molecule has 0 aliphatic carbocycles. The average Bonchev–Trinajstić information content (AvgIpc) is 2.22. The van der Waals surface area contributed by atoms with Crippen LogP contribution in [0.4, 0.5) is 0 Å². The Labute approximate surface area is 70.6 Å². The lowest BCUT2D eigenvalue weighted by Crippen LogP contribution is -2.41. The number of rotatable bonds is 1. The third-order valence-electron chi connectivity index (χ3n) is 2.05. The molecule has 2 aliphatic rings. The Morgan fingerprint density at radius 3 is 2.92 bits per heavy atom. The van der Waals surface area contributed by atoms with Gasteiger partial charge in [-0.15, -0.1) is 0 Å². The molecule has 5 nitrogen and oxygen atoms in total. The fourth-order valence-corrected chi connectivity index (χ4v) is 3.70. The first-order chi connectivity index (χ1) is 5.61. The molecule has 2 rings (SSSR count). The molecule has 0 aromatic carbocycles. The number of hydrogen-bond acceptors (Lipinski definition) is 4. The molecule has 2 heterocycles. The minimum atomic E-state index is -2.54. The fraction of sp³-hybridized carbons (Fsp3) is 0.833. The van der Waals surface area contributed by atoms with Gasteiger partial charge in [0.05, 0.1) is 6.10 Å². The molecular weight excluding hydrogens is 180 g/mol. The first kappa shape index (κ1) is 8.18. The van der Waals surface area contributed by atoms with Gasteiger partial charge in [0.25, 0.3) is 0 Å². The largest absolute Gasteiger partial charge is 0.498 e. The van der Waals surface area contributed by atoms with Gasteiger partial charge >= 0.3 is 14.8 Å². The molecule has 12 heavy (non-hydrogen) atoms. The van der Waals surface area contributed by atoms with Crippen molar-refractivity contribution in [2.24, 2.45) is 0 Å². The van der Waals surface area contributed by atoms with E-state index >= 15 is 0 Å². The smallest absolute Gasteiger partial charge is 0.479 e. The quantitative estimate of drug-likeness (QED) is 0.582. The Balaban J connectivity index is 2.17. The summed E-state index contributed by atoms with van der Waals surface area (Å²) in [6.07, 6.45) is -0.503. The zero-order chi connectivity index (χ0) is 8.77. The van der Waals surface area contributed by atoms with Crippen LogP contribution in [0.25, 0.3) is 0 Å². The molecule has 0 amide bonds. The van der Waals surface area contributed by atoms with E-state index in [4.69, 9.17) is 18.4 Å². The standard InChI is InChI=1S/C6H10O5Si/c1-12-9-3-2-4(10-12)5(11-12)6(7)8/h4-5H,2-3H2,1H3,(H,7,8). The summed E-state index contributed by atoms with van der Waals surface area (Å²) in [6, 6.07) is 0. The van der Waals surface area contributed by atoms with Crippen LogP contribution in [-0.4, -0.2) is 38.7 Å². The Bertz CT molecular complexity index is 220. The summed E-state index contributed by atoms with van der Waals surface area (Å²) in [5, 5.41) is 8.74. The summed E-state index contributed by atoms with van der Waals surface area (Å²) in [5.41, 5.74) is 0.